The summed E-state index contributed by atoms with van der Waals surface area (Å²) in [5.74, 6) is 0.0188. The molecule has 1 N–H and O–H groups in total. The van der Waals surface area contributed by atoms with Gasteiger partial charge in [-0.3, -0.25) is 14.0 Å². The first kappa shape index (κ1) is 23.3. The minimum atomic E-state index is -3.58. The van der Waals surface area contributed by atoms with Gasteiger partial charge in [0.25, 0.3) is 0 Å². The smallest absolute Gasteiger partial charge is 0.241 e. The summed E-state index contributed by atoms with van der Waals surface area (Å²) >= 11 is 0. The van der Waals surface area contributed by atoms with Crippen LogP contribution in [0.25, 0.3) is 0 Å². The van der Waals surface area contributed by atoms with Gasteiger partial charge in [-0.1, -0.05) is 50.2 Å². The van der Waals surface area contributed by atoms with Crippen LogP contribution in [0.2, 0.25) is 0 Å². The Balaban J connectivity index is 1.57. The number of hydrogen-bond acceptors (Lipinski definition) is 4. The average Bonchev–Trinajstić information content (AvgIpc) is 3.24. The number of rotatable bonds is 9. The van der Waals surface area contributed by atoms with Crippen LogP contribution in [0.5, 0.6) is 0 Å². The Kier molecular flexibility index (Phi) is 7.73. The minimum Gasteiger partial charge on any atom is -0.350 e. The Morgan fingerprint density at radius 2 is 1.58 bits per heavy atom. The Bertz CT molecular complexity index is 964. The number of anilines is 1. The highest BCUT2D eigenvalue weighted by Crippen LogP contribution is 2.22. The lowest BCUT2D eigenvalue weighted by atomic mass is 10.0. The van der Waals surface area contributed by atoms with Gasteiger partial charge in [-0.15, -0.1) is 0 Å². The van der Waals surface area contributed by atoms with Crippen LogP contribution >= 0.6 is 0 Å². The summed E-state index contributed by atoms with van der Waals surface area (Å²) < 4.78 is 25.7. The van der Waals surface area contributed by atoms with E-state index in [0.717, 1.165) is 41.3 Å². The second-order valence-corrected chi connectivity index (χ2v) is 10.5. The largest absolute Gasteiger partial charge is 0.350 e. The molecule has 0 saturated carbocycles. The summed E-state index contributed by atoms with van der Waals surface area (Å²) in [6, 6.07) is 15.5. The summed E-state index contributed by atoms with van der Waals surface area (Å²) in [5, 5.41) is 2.84. The van der Waals surface area contributed by atoms with Crippen molar-refractivity contribution in [3.05, 3.63) is 65.2 Å². The highest BCUT2D eigenvalue weighted by Gasteiger charge is 2.21. The van der Waals surface area contributed by atoms with Crippen LogP contribution in [0.15, 0.2) is 48.5 Å². The SMILES string of the molecule is CC(C)c1ccc(N(CC(=O)NCc2ccc(CN3CCCC3)cc2)S(C)(=O)=O)cc1. The van der Waals surface area contributed by atoms with E-state index < -0.39 is 10.0 Å². The summed E-state index contributed by atoms with van der Waals surface area (Å²) in [6.07, 6.45) is 3.67. The molecule has 0 radical (unpaired) electrons. The molecule has 0 aliphatic carbocycles. The third kappa shape index (κ3) is 6.80. The number of nitrogens with one attached hydrogen (secondary N) is 1. The maximum absolute atomic E-state index is 12.5. The van der Waals surface area contributed by atoms with Gasteiger partial charge < -0.3 is 5.32 Å². The lowest BCUT2D eigenvalue weighted by Crippen LogP contribution is -2.40. The predicted molar refractivity (Wildman–Crippen MR) is 126 cm³/mol. The number of likely N-dealkylation sites (tertiary alicyclic amines) is 1. The van der Waals surface area contributed by atoms with Crippen molar-refractivity contribution in [2.45, 2.75) is 45.7 Å². The maximum Gasteiger partial charge on any atom is 0.241 e. The molecule has 2 aromatic carbocycles. The first-order valence-electron chi connectivity index (χ1n) is 10.9. The van der Waals surface area contributed by atoms with E-state index >= 15 is 0 Å². The molecule has 0 bridgehead atoms. The zero-order chi connectivity index (χ0) is 22.4. The van der Waals surface area contributed by atoms with Crippen molar-refractivity contribution in [1.82, 2.24) is 10.2 Å². The van der Waals surface area contributed by atoms with Gasteiger partial charge in [-0.2, -0.15) is 0 Å². The number of nitrogens with zero attached hydrogens (tertiary/aromatic N) is 2. The Morgan fingerprint density at radius 1 is 1.00 bits per heavy atom. The van der Waals surface area contributed by atoms with Crippen molar-refractivity contribution in [3.8, 4) is 0 Å². The predicted octanol–water partition coefficient (Wildman–Crippen LogP) is 3.49. The molecule has 168 valence electrons. The molecule has 6 nitrogen and oxygen atoms in total. The monoisotopic (exact) mass is 443 g/mol. The van der Waals surface area contributed by atoms with Crippen LogP contribution in [0.3, 0.4) is 0 Å². The zero-order valence-electron chi connectivity index (χ0n) is 18.7. The maximum atomic E-state index is 12.5. The van der Waals surface area contributed by atoms with Crippen molar-refractivity contribution in [2.24, 2.45) is 0 Å². The van der Waals surface area contributed by atoms with Crippen molar-refractivity contribution in [2.75, 3.05) is 30.2 Å². The number of benzene rings is 2. The quantitative estimate of drug-likeness (QED) is 0.644. The number of amides is 1. The number of carbonyl (C=O) groups excluding carboxylic acids is 1. The van der Waals surface area contributed by atoms with E-state index in [-0.39, 0.29) is 12.5 Å². The average molecular weight is 444 g/mol. The Hall–Kier alpha value is -2.38. The normalized spacial score (nSPS) is 14.7. The second kappa shape index (κ2) is 10.3. The molecule has 1 aliphatic heterocycles. The summed E-state index contributed by atoms with van der Waals surface area (Å²) in [7, 11) is -3.58. The van der Waals surface area contributed by atoms with Crippen LogP contribution in [0.4, 0.5) is 5.69 Å². The second-order valence-electron chi connectivity index (χ2n) is 8.59. The molecule has 1 amide bonds. The fourth-order valence-electron chi connectivity index (χ4n) is 3.77. The van der Waals surface area contributed by atoms with Crippen LogP contribution in [0, 0.1) is 0 Å². The first-order valence-corrected chi connectivity index (χ1v) is 12.7. The van der Waals surface area contributed by atoms with E-state index in [1.807, 2.05) is 24.3 Å². The van der Waals surface area contributed by atoms with Crippen LogP contribution < -0.4 is 9.62 Å². The summed E-state index contributed by atoms with van der Waals surface area (Å²) in [6.45, 7) is 7.57. The molecule has 3 rings (SSSR count). The molecule has 0 atom stereocenters. The van der Waals surface area contributed by atoms with E-state index in [0.29, 0.717) is 18.2 Å². The lowest BCUT2D eigenvalue weighted by molar-refractivity contribution is -0.119. The first-order chi connectivity index (χ1) is 14.7. The van der Waals surface area contributed by atoms with Crippen molar-refractivity contribution in [1.29, 1.82) is 0 Å². The molecule has 0 aromatic heterocycles. The molecule has 0 unspecified atom stereocenters. The van der Waals surface area contributed by atoms with Gasteiger partial charge in [0.05, 0.1) is 11.9 Å². The number of hydrogen-bond donors (Lipinski definition) is 1. The van der Waals surface area contributed by atoms with E-state index in [2.05, 4.69) is 36.2 Å². The third-order valence-electron chi connectivity index (χ3n) is 5.65. The Morgan fingerprint density at radius 3 is 2.13 bits per heavy atom. The van der Waals surface area contributed by atoms with E-state index in [4.69, 9.17) is 0 Å². The Labute approximate surface area is 186 Å². The van der Waals surface area contributed by atoms with Crippen molar-refractivity contribution >= 4 is 21.6 Å². The molecule has 1 saturated heterocycles. The minimum absolute atomic E-state index is 0.243. The van der Waals surface area contributed by atoms with Gasteiger partial charge in [-0.05, 0) is 60.7 Å². The van der Waals surface area contributed by atoms with Gasteiger partial charge in [0.1, 0.15) is 6.54 Å². The van der Waals surface area contributed by atoms with Crippen molar-refractivity contribution in [3.63, 3.8) is 0 Å². The molecule has 31 heavy (non-hydrogen) atoms. The molecular formula is C24H33N3O3S. The van der Waals surface area contributed by atoms with Gasteiger partial charge in [0.2, 0.25) is 15.9 Å². The van der Waals surface area contributed by atoms with E-state index in [1.165, 1.54) is 18.4 Å². The molecule has 2 aromatic rings. The molecule has 7 heteroatoms. The highest BCUT2D eigenvalue weighted by molar-refractivity contribution is 7.92. The van der Waals surface area contributed by atoms with Gasteiger partial charge in [0, 0.05) is 13.1 Å². The van der Waals surface area contributed by atoms with Gasteiger partial charge in [0.15, 0.2) is 0 Å². The van der Waals surface area contributed by atoms with Gasteiger partial charge >= 0.3 is 0 Å². The number of sulfonamides is 1. The van der Waals surface area contributed by atoms with Gasteiger partial charge in [-0.25, -0.2) is 8.42 Å². The summed E-state index contributed by atoms with van der Waals surface area (Å²) in [5.41, 5.74) is 3.87. The topological polar surface area (TPSA) is 69.7 Å². The standard InChI is InChI=1S/C24H33N3O3S/c1-19(2)22-10-12-23(13-11-22)27(31(3,29)30)18-24(28)25-16-20-6-8-21(9-7-20)17-26-14-4-5-15-26/h6-13,19H,4-5,14-18H2,1-3H3,(H,25,28). The molecule has 1 heterocycles. The summed E-state index contributed by atoms with van der Waals surface area (Å²) in [4.78, 5) is 14.9. The molecule has 1 aliphatic rings. The molecule has 0 spiro atoms. The number of carbonyl (C=O) groups is 1. The van der Waals surface area contributed by atoms with E-state index in [1.54, 1.807) is 12.1 Å². The van der Waals surface area contributed by atoms with Crippen LogP contribution in [-0.4, -0.2) is 45.1 Å². The van der Waals surface area contributed by atoms with Crippen LogP contribution in [-0.2, 0) is 27.9 Å². The fraction of sp³-hybridized carbons (Fsp3) is 0.458. The third-order valence-corrected chi connectivity index (χ3v) is 6.79. The zero-order valence-corrected chi connectivity index (χ0v) is 19.5. The van der Waals surface area contributed by atoms with E-state index in [9.17, 15) is 13.2 Å². The fourth-order valence-corrected chi connectivity index (χ4v) is 4.63. The van der Waals surface area contributed by atoms with Crippen LogP contribution in [0.1, 0.15) is 49.3 Å². The molecule has 1 fully saturated rings. The highest BCUT2D eigenvalue weighted by atomic mass is 32.2. The van der Waals surface area contributed by atoms with Crippen molar-refractivity contribution < 1.29 is 13.2 Å². The molecular weight excluding hydrogens is 410 g/mol. The lowest BCUT2D eigenvalue weighted by Gasteiger charge is -2.22.